The lowest BCUT2D eigenvalue weighted by atomic mass is 10.1. The third-order valence-electron chi connectivity index (χ3n) is 2.01. The predicted molar refractivity (Wildman–Crippen MR) is 59.0 cm³/mol. The fourth-order valence-corrected chi connectivity index (χ4v) is 1.55. The minimum absolute atomic E-state index is 0.229. The van der Waals surface area contributed by atoms with Gasteiger partial charge in [-0.2, -0.15) is 4.98 Å². The minimum Gasteiger partial charge on any atom is -0.334 e. The number of halogens is 2. The maximum Gasteiger partial charge on any atom is 0.259 e. The van der Waals surface area contributed by atoms with Crippen molar-refractivity contribution in [3.8, 4) is 11.5 Å². The van der Waals surface area contributed by atoms with Gasteiger partial charge in [-0.25, -0.2) is 0 Å². The fraction of sp³-hybridized carbons (Fsp3) is 0.200. The molecule has 0 radical (unpaired) electrons. The molecule has 0 bridgehead atoms. The van der Waals surface area contributed by atoms with Gasteiger partial charge in [0.2, 0.25) is 0 Å². The van der Waals surface area contributed by atoms with Crippen molar-refractivity contribution in [1.82, 2.24) is 10.1 Å². The van der Waals surface area contributed by atoms with Crippen LogP contribution in [0.5, 0.6) is 0 Å². The van der Waals surface area contributed by atoms with Gasteiger partial charge in [0, 0.05) is 0 Å². The Bertz CT molecular complexity index is 482. The Morgan fingerprint density at radius 2 is 2.20 bits per heavy atom. The number of nitrogens with zero attached hydrogens (tertiary/aromatic N) is 2. The van der Waals surface area contributed by atoms with Crippen molar-refractivity contribution >= 4 is 23.2 Å². The molecule has 5 heteroatoms. The molecule has 1 aromatic carbocycles. The van der Waals surface area contributed by atoms with E-state index in [0.29, 0.717) is 16.7 Å². The zero-order valence-electron chi connectivity index (χ0n) is 8.00. The number of aromatic nitrogens is 2. The lowest BCUT2D eigenvalue weighted by Crippen LogP contribution is -1.84. The first-order valence-corrected chi connectivity index (χ1v) is 5.27. The number of aryl methyl sites for hydroxylation is 1. The summed E-state index contributed by atoms with van der Waals surface area (Å²) >= 11 is 11.7. The first-order valence-electron chi connectivity index (χ1n) is 4.36. The number of hydrogen-bond donors (Lipinski definition) is 0. The lowest BCUT2D eigenvalue weighted by Gasteiger charge is -2.00. The largest absolute Gasteiger partial charge is 0.334 e. The van der Waals surface area contributed by atoms with Crippen molar-refractivity contribution in [3.63, 3.8) is 0 Å². The van der Waals surface area contributed by atoms with Gasteiger partial charge in [-0.3, -0.25) is 0 Å². The number of benzene rings is 1. The number of hydrogen-bond acceptors (Lipinski definition) is 3. The second-order valence-electron chi connectivity index (χ2n) is 3.09. The Kier molecular flexibility index (Phi) is 2.93. The first kappa shape index (κ1) is 10.5. The van der Waals surface area contributed by atoms with Crippen LogP contribution in [0.1, 0.15) is 11.4 Å². The quantitative estimate of drug-likeness (QED) is 0.758. The van der Waals surface area contributed by atoms with E-state index < -0.39 is 0 Å². The van der Waals surface area contributed by atoms with Crippen LogP contribution in [0.4, 0.5) is 0 Å². The smallest absolute Gasteiger partial charge is 0.259 e. The Hall–Kier alpha value is -1.06. The highest BCUT2D eigenvalue weighted by Gasteiger charge is 2.12. The van der Waals surface area contributed by atoms with Gasteiger partial charge in [-0.15, -0.1) is 11.6 Å². The van der Waals surface area contributed by atoms with E-state index in [1.165, 1.54) is 0 Å². The van der Waals surface area contributed by atoms with E-state index in [2.05, 4.69) is 10.1 Å². The van der Waals surface area contributed by atoms with Crippen LogP contribution in [0.25, 0.3) is 11.5 Å². The summed E-state index contributed by atoms with van der Waals surface area (Å²) in [5.41, 5.74) is 1.71. The third-order valence-corrected chi connectivity index (χ3v) is 2.75. The van der Waals surface area contributed by atoms with Crippen LogP contribution in [0.2, 0.25) is 5.02 Å². The van der Waals surface area contributed by atoms with Gasteiger partial charge < -0.3 is 4.52 Å². The van der Waals surface area contributed by atoms with Crippen molar-refractivity contribution in [2.75, 3.05) is 0 Å². The van der Waals surface area contributed by atoms with Gasteiger partial charge in [0.05, 0.1) is 16.5 Å². The predicted octanol–water partition coefficient (Wildman–Crippen LogP) is 3.44. The molecule has 0 amide bonds. The molecule has 0 spiro atoms. The molecule has 0 aliphatic heterocycles. The molecule has 15 heavy (non-hydrogen) atoms. The molecule has 1 aromatic heterocycles. The molecular weight excluding hydrogens is 235 g/mol. The normalized spacial score (nSPS) is 10.6. The van der Waals surface area contributed by atoms with Crippen molar-refractivity contribution in [1.29, 1.82) is 0 Å². The van der Waals surface area contributed by atoms with E-state index >= 15 is 0 Å². The van der Waals surface area contributed by atoms with E-state index in [1.807, 2.05) is 25.1 Å². The van der Waals surface area contributed by atoms with E-state index in [-0.39, 0.29) is 5.88 Å². The van der Waals surface area contributed by atoms with Gasteiger partial charge in [0.25, 0.3) is 5.89 Å². The maximum absolute atomic E-state index is 6.12. The van der Waals surface area contributed by atoms with Crippen molar-refractivity contribution in [2.24, 2.45) is 0 Å². The Balaban J connectivity index is 2.49. The van der Waals surface area contributed by atoms with Crippen molar-refractivity contribution in [3.05, 3.63) is 34.6 Å². The van der Waals surface area contributed by atoms with Crippen LogP contribution >= 0.6 is 23.2 Å². The van der Waals surface area contributed by atoms with E-state index in [1.54, 1.807) is 0 Å². The summed E-state index contributed by atoms with van der Waals surface area (Å²) < 4.78 is 5.05. The molecule has 0 aliphatic rings. The van der Waals surface area contributed by atoms with Crippen LogP contribution < -0.4 is 0 Å². The molecule has 1 heterocycles. The Morgan fingerprint density at radius 1 is 1.40 bits per heavy atom. The zero-order valence-corrected chi connectivity index (χ0v) is 9.51. The summed E-state index contributed by atoms with van der Waals surface area (Å²) in [6, 6.07) is 5.65. The van der Waals surface area contributed by atoms with Crippen LogP contribution in [0, 0.1) is 6.92 Å². The summed E-state index contributed by atoms with van der Waals surface area (Å²) in [5.74, 6) is 1.09. The maximum atomic E-state index is 6.12. The summed E-state index contributed by atoms with van der Waals surface area (Å²) in [6.07, 6.45) is 0. The SMILES string of the molecule is Cc1cccc(-c2nc(CCl)no2)c1Cl. The highest BCUT2D eigenvalue weighted by Crippen LogP contribution is 2.29. The van der Waals surface area contributed by atoms with Gasteiger partial charge in [-0.1, -0.05) is 28.9 Å². The van der Waals surface area contributed by atoms with Gasteiger partial charge >= 0.3 is 0 Å². The van der Waals surface area contributed by atoms with Crippen LogP contribution in [-0.4, -0.2) is 10.1 Å². The standard InChI is InChI=1S/C10H8Cl2N2O/c1-6-3-2-4-7(9(6)12)10-13-8(5-11)14-15-10/h2-4H,5H2,1H3. The lowest BCUT2D eigenvalue weighted by molar-refractivity contribution is 0.425. The molecule has 0 saturated carbocycles. The summed E-state index contributed by atoms with van der Waals surface area (Å²) in [6.45, 7) is 1.92. The molecular formula is C10H8Cl2N2O. The minimum atomic E-state index is 0.229. The highest BCUT2D eigenvalue weighted by atomic mass is 35.5. The van der Waals surface area contributed by atoms with E-state index in [4.69, 9.17) is 27.7 Å². The summed E-state index contributed by atoms with van der Waals surface area (Å²) in [7, 11) is 0. The average Bonchev–Trinajstić information content (AvgIpc) is 2.70. The van der Waals surface area contributed by atoms with Crippen molar-refractivity contribution in [2.45, 2.75) is 12.8 Å². The van der Waals surface area contributed by atoms with E-state index in [0.717, 1.165) is 11.1 Å². The van der Waals surface area contributed by atoms with Crippen LogP contribution in [0.15, 0.2) is 22.7 Å². The number of alkyl halides is 1. The Morgan fingerprint density at radius 3 is 2.87 bits per heavy atom. The number of rotatable bonds is 2. The molecule has 0 saturated heterocycles. The van der Waals surface area contributed by atoms with Gasteiger partial charge in [-0.05, 0) is 18.6 Å². The van der Waals surface area contributed by atoms with E-state index in [9.17, 15) is 0 Å². The molecule has 0 aliphatic carbocycles. The third kappa shape index (κ3) is 1.98. The molecule has 3 nitrogen and oxygen atoms in total. The molecule has 0 N–H and O–H groups in total. The second kappa shape index (κ2) is 4.21. The van der Waals surface area contributed by atoms with Crippen molar-refractivity contribution < 1.29 is 4.52 Å². The monoisotopic (exact) mass is 242 g/mol. The fourth-order valence-electron chi connectivity index (χ4n) is 1.23. The summed E-state index contributed by atoms with van der Waals surface area (Å²) in [5, 5.41) is 4.33. The topological polar surface area (TPSA) is 38.9 Å². The average molecular weight is 243 g/mol. The molecule has 78 valence electrons. The molecule has 2 rings (SSSR count). The van der Waals surface area contributed by atoms with Gasteiger partial charge in [0.1, 0.15) is 0 Å². The highest BCUT2D eigenvalue weighted by molar-refractivity contribution is 6.33. The first-order chi connectivity index (χ1) is 7.22. The molecule has 0 unspecified atom stereocenters. The Labute approximate surface area is 97.0 Å². The summed E-state index contributed by atoms with van der Waals surface area (Å²) in [4.78, 5) is 4.11. The molecule has 0 fully saturated rings. The zero-order chi connectivity index (χ0) is 10.8. The van der Waals surface area contributed by atoms with Gasteiger partial charge in [0.15, 0.2) is 5.82 Å². The molecule has 0 atom stereocenters. The second-order valence-corrected chi connectivity index (χ2v) is 3.73. The van der Waals surface area contributed by atoms with Crippen LogP contribution in [0.3, 0.4) is 0 Å². The van der Waals surface area contributed by atoms with Crippen LogP contribution in [-0.2, 0) is 5.88 Å². The molecule has 2 aromatic rings.